The van der Waals surface area contributed by atoms with E-state index in [4.69, 9.17) is 34.8 Å². The Bertz CT molecular complexity index is 869. The van der Waals surface area contributed by atoms with Crippen molar-refractivity contribution in [2.24, 2.45) is 5.92 Å². The first kappa shape index (κ1) is 24.5. The van der Waals surface area contributed by atoms with Crippen molar-refractivity contribution >= 4 is 46.6 Å². The highest BCUT2D eigenvalue weighted by atomic mass is 35.5. The van der Waals surface area contributed by atoms with E-state index in [1.54, 1.807) is 35.2 Å². The molecule has 0 bridgehead atoms. The third-order valence-electron chi connectivity index (χ3n) is 4.69. The molecule has 0 heterocycles. The van der Waals surface area contributed by atoms with E-state index >= 15 is 0 Å². The van der Waals surface area contributed by atoms with E-state index in [9.17, 15) is 9.59 Å². The fourth-order valence-electron chi connectivity index (χ4n) is 3.06. The maximum atomic E-state index is 13.3. The molecular weight excluding hydrogens is 443 g/mol. The molecule has 0 aromatic heterocycles. The molecule has 0 aliphatic carbocycles. The maximum Gasteiger partial charge on any atom is 0.242 e. The zero-order valence-corrected chi connectivity index (χ0v) is 19.7. The third-order valence-corrected chi connectivity index (χ3v) is 5.53. The minimum absolute atomic E-state index is 0.0809. The molecule has 2 rings (SSSR count). The lowest BCUT2D eigenvalue weighted by Crippen LogP contribution is -2.50. The Hall–Kier alpha value is -1.75. The first-order valence-electron chi connectivity index (χ1n) is 9.96. The van der Waals surface area contributed by atoms with Crippen LogP contribution >= 0.6 is 34.8 Å². The molecule has 0 unspecified atom stereocenters. The molecule has 0 fully saturated rings. The van der Waals surface area contributed by atoms with Crippen LogP contribution in [0.25, 0.3) is 0 Å². The van der Waals surface area contributed by atoms with Crippen molar-refractivity contribution < 1.29 is 9.59 Å². The molecule has 2 aromatic rings. The van der Waals surface area contributed by atoms with Crippen LogP contribution in [-0.4, -0.2) is 29.3 Å². The number of hydrogen-bond donors (Lipinski definition) is 1. The van der Waals surface area contributed by atoms with Crippen LogP contribution in [0.5, 0.6) is 0 Å². The average molecular weight is 470 g/mol. The summed E-state index contributed by atoms with van der Waals surface area (Å²) in [6, 6.07) is 11.7. The number of hydrogen-bond acceptors (Lipinski definition) is 2. The van der Waals surface area contributed by atoms with Gasteiger partial charge < -0.3 is 10.2 Å². The summed E-state index contributed by atoms with van der Waals surface area (Å²) in [6.07, 6.45) is 0.579. The van der Waals surface area contributed by atoms with Gasteiger partial charge in [0.1, 0.15) is 6.04 Å². The van der Waals surface area contributed by atoms with Crippen molar-refractivity contribution in [1.82, 2.24) is 10.2 Å². The highest BCUT2D eigenvalue weighted by molar-refractivity contribution is 6.35. The van der Waals surface area contributed by atoms with Gasteiger partial charge in [0, 0.05) is 28.2 Å². The van der Waals surface area contributed by atoms with Crippen molar-refractivity contribution in [3.05, 3.63) is 68.7 Å². The number of halogens is 3. The monoisotopic (exact) mass is 468 g/mol. The Labute approximate surface area is 193 Å². The molecule has 2 amide bonds. The predicted octanol–water partition coefficient (Wildman–Crippen LogP) is 5.77. The standard InChI is InChI=1S/C23H27Cl3N2O2/c1-4-21(23(30)27-13-15(2)3)28(14-16-5-8-18(24)9-6-16)22(29)11-17-7-10-19(25)12-20(17)26/h5-10,12,15,21H,4,11,13-14H2,1-3H3,(H,27,30)/t21-/m0/s1. The van der Waals surface area contributed by atoms with Crippen LogP contribution < -0.4 is 5.32 Å². The van der Waals surface area contributed by atoms with Gasteiger partial charge in [-0.05, 0) is 47.7 Å². The van der Waals surface area contributed by atoms with Gasteiger partial charge in [0.2, 0.25) is 11.8 Å². The minimum atomic E-state index is -0.585. The molecule has 7 heteroatoms. The fraction of sp³-hybridized carbons (Fsp3) is 0.391. The van der Waals surface area contributed by atoms with Crippen LogP contribution in [0.4, 0.5) is 0 Å². The number of carbonyl (C=O) groups excluding carboxylic acids is 2. The number of benzene rings is 2. The lowest BCUT2D eigenvalue weighted by atomic mass is 10.1. The van der Waals surface area contributed by atoms with Crippen molar-refractivity contribution in [3.8, 4) is 0 Å². The zero-order chi connectivity index (χ0) is 22.3. The topological polar surface area (TPSA) is 49.4 Å². The van der Waals surface area contributed by atoms with Gasteiger partial charge in [-0.15, -0.1) is 0 Å². The predicted molar refractivity (Wildman–Crippen MR) is 124 cm³/mol. The van der Waals surface area contributed by atoms with E-state index in [2.05, 4.69) is 5.32 Å². The lowest BCUT2D eigenvalue weighted by molar-refractivity contribution is -0.141. The number of nitrogens with one attached hydrogen (secondary N) is 1. The van der Waals surface area contributed by atoms with Gasteiger partial charge in [0.05, 0.1) is 6.42 Å². The molecule has 0 saturated heterocycles. The molecule has 2 aromatic carbocycles. The van der Waals surface area contributed by atoms with Crippen LogP contribution in [0, 0.1) is 5.92 Å². The van der Waals surface area contributed by atoms with E-state index in [1.807, 2.05) is 32.9 Å². The fourth-order valence-corrected chi connectivity index (χ4v) is 3.66. The molecule has 0 radical (unpaired) electrons. The lowest BCUT2D eigenvalue weighted by Gasteiger charge is -2.31. The molecule has 4 nitrogen and oxygen atoms in total. The molecule has 0 saturated carbocycles. The second kappa shape index (κ2) is 11.6. The summed E-state index contributed by atoms with van der Waals surface area (Å²) in [5, 5.41) is 4.50. The number of rotatable bonds is 9. The zero-order valence-electron chi connectivity index (χ0n) is 17.4. The van der Waals surface area contributed by atoms with Crippen molar-refractivity contribution in [1.29, 1.82) is 0 Å². The van der Waals surface area contributed by atoms with Gasteiger partial charge in [-0.1, -0.05) is 73.8 Å². The molecule has 0 spiro atoms. The Kier molecular flexibility index (Phi) is 9.47. The Balaban J connectivity index is 2.29. The minimum Gasteiger partial charge on any atom is -0.354 e. The normalized spacial score (nSPS) is 12.0. The second-order valence-corrected chi connectivity index (χ2v) is 8.90. The molecule has 30 heavy (non-hydrogen) atoms. The van der Waals surface area contributed by atoms with Gasteiger partial charge in [0.15, 0.2) is 0 Å². The van der Waals surface area contributed by atoms with Crippen LogP contribution in [-0.2, 0) is 22.6 Å². The van der Waals surface area contributed by atoms with Crippen molar-refractivity contribution in [2.75, 3.05) is 6.54 Å². The summed E-state index contributed by atoms with van der Waals surface area (Å²) in [4.78, 5) is 27.8. The SMILES string of the molecule is CC[C@@H](C(=O)NCC(C)C)N(Cc1ccc(Cl)cc1)C(=O)Cc1ccc(Cl)cc1Cl. The van der Waals surface area contributed by atoms with E-state index in [-0.39, 0.29) is 18.2 Å². The van der Waals surface area contributed by atoms with Crippen molar-refractivity contribution in [2.45, 2.75) is 46.2 Å². The summed E-state index contributed by atoms with van der Waals surface area (Å²) in [5.74, 6) is -0.0174. The largest absolute Gasteiger partial charge is 0.354 e. The van der Waals surface area contributed by atoms with Gasteiger partial charge in [0.25, 0.3) is 0 Å². The first-order valence-corrected chi connectivity index (χ1v) is 11.1. The molecule has 1 N–H and O–H groups in total. The smallest absolute Gasteiger partial charge is 0.242 e. The summed E-state index contributed by atoms with van der Waals surface area (Å²) >= 11 is 18.2. The summed E-state index contributed by atoms with van der Waals surface area (Å²) < 4.78 is 0. The third kappa shape index (κ3) is 7.19. The Morgan fingerprint density at radius 2 is 1.63 bits per heavy atom. The van der Waals surface area contributed by atoms with Gasteiger partial charge in [-0.3, -0.25) is 9.59 Å². The highest BCUT2D eigenvalue weighted by Gasteiger charge is 2.29. The quantitative estimate of drug-likeness (QED) is 0.507. The summed E-state index contributed by atoms with van der Waals surface area (Å²) in [5.41, 5.74) is 1.56. The van der Waals surface area contributed by atoms with Crippen LogP contribution in [0.1, 0.15) is 38.3 Å². The average Bonchev–Trinajstić information content (AvgIpc) is 2.69. The number of carbonyl (C=O) groups is 2. The number of amides is 2. The summed E-state index contributed by atoms with van der Waals surface area (Å²) in [7, 11) is 0. The van der Waals surface area contributed by atoms with Gasteiger partial charge in [-0.25, -0.2) is 0 Å². The van der Waals surface area contributed by atoms with Crippen LogP contribution in [0.15, 0.2) is 42.5 Å². The molecular formula is C23H27Cl3N2O2. The molecule has 0 aliphatic rings. The van der Waals surface area contributed by atoms with E-state index in [0.717, 1.165) is 5.56 Å². The van der Waals surface area contributed by atoms with Crippen molar-refractivity contribution in [3.63, 3.8) is 0 Å². The van der Waals surface area contributed by atoms with Gasteiger partial charge in [-0.2, -0.15) is 0 Å². The number of nitrogens with zero attached hydrogens (tertiary/aromatic N) is 1. The first-order chi connectivity index (χ1) is 14.2. The van der Waals surface area contributed by atoms with E-state index in [0.29, 0.717) is 46.1 Å². The molecule has 162 valence electrons. The van der Waals surface area contributed by atoms with Crippen LogP contribution in [0.2, 0.25) is 15.1 Å². The highest BCUT2D eigenvalue weighted by Crippen LogP contribution is 2.23. The van der Waals surface area contributed by atoms with Gasteiger partial charge >= 0.3 is 0 Å². The van der Waals surface area contributed by atoms with Crippen LogP contribution in [0.3, 0.4) is 0 Å². The molecule has 0 aliphatic heterocycles. The molecule has 1 atom stereocenters. The summed E-state index contributed by atoms with van der Waals surface area (Å²) in [6.45, 7) is 6.81. The van der Waals surface area contributed by atoms with E-state index in [1.165, 1.54) is 0 Å². The Morgan fingerprint density at radius 1 is 1.00 bits per heavy atom. The maximum absolute atomic E-state index is 13.3. The Morgan fingerprint density at radius 3 is 2.20 bits per heavy atom. The second-order valence-electron chi connectivity index (χ2n) is 7.62. The van der Waals surface area contributed by atoms with E-state index < -0.39 is 6.04 Å².